The molecule has 0 saturated carbocycles. The molecule has 5 aromatic rings. The number of hydrogen-bond donors (Lipinski definition) is 1. The van der Waals surface area contributed by atoms with Crippen LogP contribution in [-0.2, 0) is 6.42 Å². The maximum Gasteiger partial charge on any atom is 0.252 e. The molecule has 1 amide bonds. The number of pyridine rings is 2. The highest BCUT2D eigenvalue weighted by atomic mass is 35.5. The molecule has 2 heterocycles. The number of nitrogens with zero attached hydrogens (tertiary/aromatic N) is 2. The lowest BCUT2D eigenvalue weighted by molar-refractivity contribution is 0.0939. The predicted molar refractivity (Wildman–Crippen MR) is 161 cm³/mol. The third-order valence-electron chi connectivity index (χ3n) is 5.83. The van der Waals surface area contributed by atoms with Crippen molar-refractivity contribution in [3.63, 3.8) is 0 Å². The number of fused-ring (bicyclic) bond motifs is 2. The number of rotatable bonds is 5. The lowest BCUT2D eigenvalue weighted by atomic mass is 10.1. The third-order valence-corrected chi connectivity index (χ3v) is 7.26. The highest BCUT2D eigenvalue weighted by Gasteiger charge is 2.13. The average Bonchev–Trinajstić information content (AvgIpc) is 2.93. The Labute approximate surface area is 250 Å². The Morgan fingerprint density at radius 2 is 1.26 bits per heavy atom. The van der Waals surface area contributed by atoms with E-state index in [1.807, 2.05) is 37.3 Å². The summed E-state index contributed by atoms with van der Waals surface area (Å²) in [5.74, 6) is -0.142. The number of amides is 1. The van der Waals surface area contributed by atoms with Crippen LogP contribution in [0.2, 0.25) is 20.4 Å². The van der Waals surface area contributed by atoms with Crippen molar-refractivity contribution < 1.29 is 9.59 Å². The van der Waals surface area contributed by atoms with Gasteiger partial charge in [-0.05, 0) is 54.8 Å². The van der Waals surface area contributed by atoms with Crippen molar-refractivity contribution in [1.82, 2.24) is 15.3 Å². The molecular weight excluding hydrogens is 600 g/mol. The summed E-state index contributed by atoms with van der Waals surface area (Å²) in [6.07, 6.45) is 3.75. The van der Waals surface area contributed by atoms with E-state index in [4.69, 9.17) is 58.0 Å². The van der Waals surface area contributed by atoms with E-state index in [1.165, 1.54) is 18.0 Å². The normalized spacial score (nSPS) is 11.5. The number of carbonyl (C=O) groups is 2. The molecule has 0 radical (unpaired) electrons. The fraction of sp³-hybridized carbons (Fsp3) is 0.103. The molecule has 0 spiro atoms. The zero-order chi connectivity index (χ0) is 28.1. The Morgan fingerprint density at radius 1 is 0.744 bits per heavy atom. The maximum atomic E-state index is 12.5. The van der Waals surface area contributed by atoms with Crippen LogP contribution >= 0.6 is 58.0 Å². The largest absolute Gasteiger partial charge is 0.349 e. The van der Waals surface area contributed by atoms with Gasteiger partial charge < -0.3 is 5.32 Å². The third kappa shape index (κ3) is 7.18. The van der Waals surface area contributed by atoms with Crippen molar-refractivity contribution in [1.29, 1.82) is 0 Å². The number of benzene rings is 3. The van der Waals surface area contributed by atoms with Crippen LogP contribution < -0.4 is 5.32 Å². The summed E-state index contributed by atoms with van der Waals surface area (Å²) in [6.45, 7) is 1.98. The molecule has 1 atom stereocenters. The predicted octanol–water partition coefficient (Wildman–Crippen LogP) is 8.82. The van der Waals surface area contributed by atoms with Crippen molar-refractivity contribution in [3.8, 4) is 0 Å². The molecule has 5 nitrogen and oxygen atoms in total. The average molecular weight is 620 g/mol. The minimum absolute atomic E-state index is 0.0172. The quantitative estimate of drug-likeness (QED) is 0.158. The Bertz CT molecular complexity index is 1680. The first-order valence-corrected chi connectivity index (χ1v) is 13.5. The van der Waals surface area contributed by atoms with Gasteiger partial charge in [0.2, 0.25) is 0 Å². The zero-order valence-electron chi connectivity index (χ0n) is 20.4. The van der Waals surface area contributed by atoms with Crippen molar-refractivity contribution in [2.24, 2.45) is 0 Å². The van der Waals surface area contributed by atoms with Crippen molar-refractivity contribution in [2.75, 3.05) is 0 Å². The van der Waals surface area contributed by atoms with Crippen LogP contribution in [0, 0.1) is 0 Å². The number of hydrogen-bond acceptors (Lipinski definition) is 4. The van der Waals surface area contributed by atoms with E-state index in [1.54, 1.807) is 36.4 Å². The first-order valence-electron chi connectivity index (χ1n) is 11.7. The summed E-state index contributed by atoms with van der Waals surface area (Å²) in [4.78, 5) is 31.3. The summed E-state index contributed by atoms with van der Waals surface area (Å²) < 4.78 is 0. The second kappa shape index (κ2) is 12.9. The first kappa shape index (κ1) is 29.1. The molecular formula is C29H20Cl5N3O2. The molecule has 2 aromatic heterocycles. The molecule has 0 aliphatic rings. The molecule has 0 fully saturated rings. The summed E-state index contributed by atoms with van der Waals surface area (Å²) >= 11 is 29.4. The van der Waals surface area contributed by atoms with Gasteiger partial charge in [0.1, 0.15) is 10.3 Å². The van der Waals surface area contributed by atoms with Crippen LogP contribution in [-0.4, -0.2) is 27.2 Å². The lowest BCUT2D eigenvalue weighted by Crippen LogP contribution is -2.34. The molecule has 10 heteroatoms. The minimum Gasteiger partial charge on any atom is -0.349 e. The monoisotopic (exact) mass is 617 g/mol. The Morgan fingerprint density at radius 3 is 1.79 bits per heavy atom. The van der Waals surface area contributed by atoms with Crippen LogP contribution in [0.1, 0.15) is 33.2 Å². The van der Waals surface area contributed by atoms with E-state index in [-0.39, 0.29) is 11.9 Å². The van der Waals surface area contributed by atoms with Gasteiger partial charge in [-0.2, -0.15) is 0 Å². The number of halogens is 5. The summed E-state index contributed by atoms with van der Waals surface area (Å²) in [6, 6.07) is 20.2. The molecule has 0 saturated heterocycles. The van der Waals surface area contributed by atoms with Crippen molar-refractivity contribution >= 4 is 90.7 Å². The van der Waals surface area contributed by atoms with Crippen LogP contribution in [0.25, 0.3) is 21.5 Å². The number of carbonyl (C=O) groups excluding carboxylic acids is 2. The molecule has 0 aliphatic carbocycles. The smallest absolute Gasteiger partial charge is 0.252 e. The maximum absolute atomic E-state index is 12.5. The highest BCUT2D eigenvalue weighted by Crippen LogP contribution is 2.29. The second-order valence-electron chi connectivity index (χ2n) is 8.65. The van der Waals surface area contributed by atoms with Crippen molar-refractivity contribution in [3.05, 3.63) is 116 Å². The summed E-state index contributed by atoms with van der Waals surface area (Å²) in [5.41, 5.74) is 2.09. The number of nitrogens with one attached hydrogen (secondary N) is 1. The Hall–Kier alpha value is -2.93. The standard InChI is InChI=1S/C19H16Cl2N2O.C10H4Cl3NO/c1-12(9-13-5-3-2-4-6-13)23-19(24)14-7-8-15-16(10-14)18(21)22-11-17(15)20;11-8-4-14-9(12)7-3-5(10(13)15)1-2-6(7)8/h2-8,10-12H,9H2,1H3,(H,23,24);1-4H. The van der Waals surface area contributed by atoms with Gasteiger partial charge in [-0.3, -0.25) is 9.59 Å². The zero-order valence-corrected chi connectivity index (χ0v) is 24.2. The van der Waals surface area contributed by atoms with E-state index in [2.05, 4.69) is 15.3 Å². The van der Waals surface area contributed by atoms with E-state index in [0.717, 1.165) is 17.2 Å². The van der Waals surface area contributed by atoms with E-state index < -0.39 is 5.24 Å². The van der Waals surface area contributed by atoms with E-state index in [9.17, 15) is 9.59 Å². The topological polar surface area (TPSA) is 72.0 Å². The Balaban J connectivity index is 0.000000202. The van der Waals surface area contributed by atoms with Gasteiger partial charge in [0.15, 0.2) is 0 Å². The molecule has 39 heavy (non-hydrogen) atoms. The first-order chi connectivity index (χ1) is 18.6. The summed E-state index contributed by atoms with van der Waals surface area (Å²) in [5, 5.41) is 6.94. The Kier molecular flexibility index (Phi) is 9.65. The van der Waals surface area contributed by atoms with E-state index in [0.29, 0.717) is 42.3 Å². The van der Waals surface area contributed by atoms with Crippen LogP contribution in [0.3, 0.4) is 0 Å². The molecule has 3 aromatic carbocycles. The van der Waals surface area contributed by atoms with Gasteiger partial charge >= 0.3 is 0 Å². The van der Waals surface area contributed by atoms with Gasteiger partial charge in [-0.15, -0.1) is 0 Å². The molecule has 1 unspecified atom stereocenters. The molecule has 198 valence electrons. The van der Waals surface area contributed by atoms with Crippen LogP contribution in [0.4, 0.5) is 0 Å². The molecule has 5 rings (SSSR count). The van der Waals surface area contributed by atoms with Gasteiger partial charge in [0.25, 0.3) is 11.1 Å². The van der Waals surface area contributed by atoms with Crippen LogP contribution in [0.5, 0.6) is 0 Å². The van der Waals surface area contributed by atoms with Gasteiger partial charge in [0.05, 0.1) is 10.0 Å². The van der Waals surface area contributed by atoms with Gasteiger partial charge in [0, 0.05) is 51.1 Å². The van der Waals surface area contributed by atoms with Gasteiger partial charge in [-0.25, -0.2) is 9.97 Å². The fourth-order valence-corrected chi connectivity index (χ4v) is 4.90. The van der Waals surface area contributed by atoms with Crippen molar-refractivity contribution in [2.45, 2.75) is 19.4 Å². The fourth-order valence-electron chi connectivity index (χ4n) is 3.94. The summed E-state index contributed by atoms with van der Waals surface area (Å²) in [7, 11) is 0. The van der Waals surface area contributed by atoms with Crippen LogP contribution in [0.15, 0.2) is 79.1 Å². The number of aromatic nitrogens is 2. The van der Waals surface area contributed by atoms with Gasteiger partial charge in [-0.1, -0.05) is 88.9 Å². The lowest BCUT2D eigenvalue weighted by Gasteiger charge is -2.14. The molecule has 1 N–H and O–H groups in total. The minimum atomic E-state index is -0.534. The molecule has 0 bridgehead atoms. The second-order valence-corrected chi connectivity index (χ2v) is 10.5. The van der Waals surface area contributed by atoms with E-state index >= 15 is 0 Å². The SMILES string of the molecule is CC(Cc1ccccc1)NC(=O)c1ccc2c(Cl)cnc(Cl)c2c1.O=C(Cl)c1ccc2c(Cl)cnc(Cl)c2c1. The highest BCUT2D eigenvalue weighted by molar-refractivity contribution is 6.67. The molecule has 0 aliphatic heterocycles.